The van der Waals surface area contributed by atoms with Crippen molar-refractivity contribution in [3.8, 4) is 0 Å². The highest BCUT2D eigenvalue weighted by Crippen LogP contribution is 2.27. The Morgan fingerprint density at radius 1 is 1.52 bits per heavy atom. The fourth-order valence-electron chi connectivity index (χ4n) is 1.97. The van der Waals surface area contributed by atoms with Crippen LogP contribution in [0.2, 0.25) is 5.02 Å². The molecule has 0 saturated carbocycles. The zero-order valence-corrected chi connectivity index (χ0v) is 14.9. The molecule has 1 aromatic heterocycles. The van der Waals surface area contributed by atoms with Crippen LogP contribution in [0.5, 0.6) is 0 Å². The molecule has 0 saturated heterocycles. The van der Waals surface area contributed by atoms with Crippen LogP contribution in [0, 0.1) is 10.1 Å². The van der Waals surface area contributed by atoms with E-state index < -0.39 is 10.8 Å². The maximum absolute atomic E-state index is 12.1. The molecule has 0 aliphatic heterocycles. The van der Waals surface area contributed by atoms with Crippen LogP contribution >= 0.6 is 23.4 Å². The minimum atomic E-state index is -0.573. The average molecular weight is 386 g/mol. The quantitative estimate of drug-likeness (QED) is 0.409. The molecule has 1 amide bonds. The lowest BCUT2D eigenvalue weighted by molar-refractivity contribution is -0.384. The average Bonchev–Trinajstić information content (AvgIpc) is 2.92. The normalized spacial score (nSPS) is 10.6. The number of nitrogens with zero attached hydrogens (tertiary/aromatic N) is 3. The Morgan fingerprint density at radius 3 is 2.96 bits per heavy atom. The number of nitrogens with one attached hydrogen (secondary N) is 2. The number of hydrogen-bond acceptors (Lipinski definition) is 6. The van der Waals surface area contributed by atoms with Gasteiger partial charge in [-0.2, -0.15) is 0 Å². The first-order valence-electron chi connectivity index (χ1n) is 7.44. The Labute approximate surface area is 151 Å². The molecular formula is C14H16ClN5O4S. The largest absolute Gasteiger partial charge is 0.343 e. The molecule has 0 unspecified atom stereocenters. The standard InChI is InChI=1S/C14H16ClN5O4S/c1-2-3-6-19-13(22)17-18-14(19)25-8-12(21)16-11-7-9(20(23)24)4-5-10(11)15/h4-5,7H,2-3,6,8H2,1H3,(H,16,21)(H,17,22). The van der Waals surface area contributed by atoms with E-state index in [0.717, 1.165) is 24.6 Å². The number of non-ortho nitro benzene ring substituents is 1. The van der Waals surface area contributed by atoms with Crippen molar-refractivity contribution < 1.29 is 9.72 Å². The number of amides is 1. The van der Waals surface area contributed by atoms with Gasteiger partial charge in [-0.05, 0) is 12.5 Å². The maximum atomic E-state index is 12.1. The Kier molecular flexibility index (Phi) is 6.59. The number of benzene rings is 1. The van der Waals surface area contributed by atoms with E-state index in [-0.39, 0.29) is 27.8 Å². The second kappa shape index (κ2) is 8.67. The molecule has 1 heterocycles. The summed E-state index contributed by atoms with van der Waals surface area (Å²) in [6.45, 7) is 2.53. The van der Waals surface area contributed by atoms with Gasteiger partial charge in [-0.1, -0.05) is 36.7 Å². The molecule has 2 N–H and O–H groups in total. The third-order valence-electron chi connectivity index (χ3n) is 3.23. The minimum absolute atomic E-state index is 0.0184. The van der Waals surface area contributed by atoms with Gasteiger partial charge in [0.2, 0.25) is 5.91 Å². The first kappa shape index (κ1) is 19.0. The zero-order valence-electron chi connectivity index (χ0n) is 13.3. The second-order valence-electron chi connectivity index (χ2n) is 5.07. The van der Waals surface area contributed by atoms with Gasteiger partial charge in [0.15, 0.2) is 5.16 Å². The SMILES string of the molecule is CCCCn1c(SCC(=O)Nc2cc([N+](=O)[O-])ccc2Cl)n[nH]c1=O. The molecule has 0 atom stereocenters. The minimum Gasteiger partial charge on any atom is -0.324 e. The van der Waals surface area contributed by atoms with Crippen molar-refractivity contribution >= 4 is 40.6 Å². The number of rotatable bonds is 8. The fraction of sp³-hybridized carbons (Fsp3) is 0.357. The van der Waals surface area contributed by atoms with Gasteiger partial charge in [0.25, 0.3) is 5.69 Å². The van der Waals surface area contributed by atoms with E-state index in [1.54, 1.807) is 0 Å². The smallest absolute Gasteiger partial charge is 0.324 e. The van der Waals surface area contributed by atoms with Gasteiger partial charge in [0.05, 0.1) is 21.4 Å². The van der Waals surface area contributed by atoms with Crippen LogP contribution in [0.15, 0.2) is 28.2 Å². The highest BCUT2D eigenvalue weighted by molar-refractivity contribution is 7.99. The Hall–Kier alpha value is -2.33. The van der Waals surface area contributed by atoms with E-state index >= 15 is 0 Å². The third kappa shape index (κ3) is 5.07. The van der Waals surface area contributed by atoms with Crippen LogP contribution in [-0.2, 0) is 11.3 Å². The number of unbranched alkanes of at least 4 members (excludes halogenated alkanes) is 1. The highest BCUT2D eigenvalue weighted by atomic mass is 35.5. The van der Waals surface area contributed by atoms with E-state index in [2.05, 4.69) is 15.5 Å². The molecule has 11 heteroatoms. The molecule has 1 aromatic carbocycles. The lowest BCUT2D eigenvalue weighted by Gasteiger charge is -2.07. The Morgan fingerprint density at radius 2 is 2.28 bits per heavy atom. The number of aromatic amines is 1. The number of hydrogen-bond donors (Lipinski definition) is 2. The highest BCUT2D eigenvalue weighted by Gasteiger charge is 2.14. The molecule has 0 bridgehead atoms. The first-order valence-corrected chi connectivity index (χ1v) is 8.80. The van der Waals surface area contributed by atoms with Crippen molar-refractivity contribution in [3.05, 3.63) is 43.8 Å². The summed E-state index contributed by atoms with van der Waals surface area (Å²) >= 11 is 7.03. The van der Waals surface area contributed by atoms with Crippen molar-refractivity contribution in [3.63, 3.8) is 0 Å². The zero-order chi connectivity index (χ0) is 18.4. The summed E-state index contributed by atoms with van der Waals surface area (Å²) in [6, 6.07) is 3.79. The summed E-state index contributed by atoms with van der Waals surface area (Å²) in [5.41, 5.74) is -0.335. The summed E-state index contributed by atoms with van der Waals surface area (Å²) in [5.74, 6) is -0.431. The predicted molar refractivity (Wildman–Crippen MR) is 95.2 cm³/mol. The van der Waals surface area contributed by atoms with Crippen molar-refractivity contribution in [2.45, 2.75) is 31.5 Å². The van der Waals surface area contributed by atoms with Gasteiger partial charge < -0.3 is 5.32 Å². The van der Waals surface area contributed by atoms with Gasteiger partial charge in [-0.15, -0.1) is 5.10 Å². The number of carbonyl (C=O) groups excluding carboxylic acids is 1. The van der Waals surface area contributed by atoms with Gasteiger partial charge in [-0.3, -0.25) is 19.5 Å². The molecule has 2 rings (SSSR count). The molecule has 134 valence electrons. The van der Waals surface area contributed by atoms with Crippen LogP contribution < -0.4 is 11.0 Å². The number of halogens is 1. The fourth-order valence-corrected chi connectivity index (χ4v) is 2.90. The van der Waals surface area contributed by atoms with Crippen molar-refractivity contribution in [1.29, 1.82) is 0 Å². The maximum Gasteiger partial charge on any atom is 0.343 e. The summed E-state index contributed by atoms with van der Waals surface area (Å²) < 4.78 is 1.47. The van der Waals surface area contributed by atoms with Crippen molar-refractivity contribution in [2.75, 3.05) is 11.1 Å². The van der Waals surface area contributed by atoms with Gasteiger partial charge in [0.1, 0.15) is 0 Å². The van der Waals surface area contributed by atoms with Gasteiger partial charge >= 0.3 is 5.69 Å². The van der Waals surface area contributed by atoms with Crippen molar-refractivity contribution in [1.82, 2.24) is 14.8 Å². The number of carbonyl (C=O) groups is 1. The van der Waals surface area contributed by atoms with E-state index in [9.17, 15) is 19.7 Å². The molecule has 0 radical (unpaired) electrons. The number of H-pyrrole nitrogens is 1. The number of anilines is 1. The van der Waals surface area contributed by atoms with Gasteiger partial charge in [-0.25, -0.2) is 9.89 Å². The molecule has 0 aliphatic rings. The van der Waals surface area contributed by atoms with Gasteiger partial charge in [0, 0.05) is 18.7 Å². The lowest BCUT2D eigenvalue weighted by atomic mass is 10.3. The van der Waals surface area contributed by atoms with Crippen LogP contribution in [-0.4, -0.2) is 31.3 Å². The summed E-state index contributed by atoms with van der Waals surface area (Å²) in [6.07, 6.45) is 1.75. The number of nitro groups is 1. The monoisotopic (exact) mass is 385 g/mol. The third-order valence-corrected chi connectivity index (χ3v) is 4.53. The number of nitro benzene ring substituents is 1. The molecule has 0 aliphatic carbocycles. The molecule has 0 spiro atoms. The lowest BCUT2D eigenvalue weighted by Crippen LogP contribution is -2.19. The Balaban J connectivity index is 2.01. The van der Waals surface area contributed by atoms with E-state index in [0.29, 0.717) is 11.7 Å². The molecule has 9 nitrogen and oxygen atoms in total. The molecule has 2 aromatic rings. The number of aromatic nitrogens is 3. The van der Waals surface area contributed by atoms with Crippen LogP contribution in [0.3, 0.4) is 0 Å². The number of thioether (sulfide) groups is 1. The van der Waals surface area contributed by atoms with Crippen LogP contribution in [0.25, 0.3) is 0 Å². The summed E-state index contributed by atoms with van der Waals surface area (Å²) in [7, 11) is 0. The molecule has 0 fully saturated rings. The Bertz CT molecular complexity index is 835. The van der Waals surface area contributed by atoms with E-state index in [1.165, 1.54) is 22.8 Å². The second-order valence-corrected chi connectivity index (χ2v) is 6.42. The topological polar surface area (TPSA) is 123 Å². The predicted octanol–water partition coefficient (Wildman–Crippen LogP) is 2.66. The van der Waals surface area contributed by atoms with Crippen LogP contribution in [0.4, 0.5) is 11.4 Å². The van der Waals surface area contributed by atoms with Crippen LogP contribution in [0.1, 0.15) is 19.8 Å². The molecule has 25 heavy (non-hydrogen) atoms. The van der Waals surface area contributed by atoms with Crippen molar-refractivity contribution in [2.24, 2.45) is 0 Å². The first-order chi connectivity index (χ1) is 11.9. The van der Waals surface area contributed by atoms with E-state index in [1.807, 2.05) is 6.92 Å². The molecular weight excluding hydrogens is 370 g/mol. The summed E-state index contributed by atoms with van der Waals surface area (Å²) in [4.78, 5) is 34.0. The van der Waals surface area contributed by atoms with E-state index in [4.69, 9.17) is 11.6 Å². The summed E-state index contributed by atoms with van der Waals surface area (Å²) in [5, 5.41) is 20.2.